The standard InChI is InChI=1S/C26H29N5O2S/c1-18(32)30-10-8-29(9-11-30)16-20-17-34-25-23(20)27-26(31-12-14-33-15-13-31)28-24(25)22-7-3-5-19-4-2-6-21(19)22/h2-3,5-7,17H,4,8-16H2,1H3. The molecule has 1 amide bonds. The number of amides is 1. The molecule has 4 heterocycles. The lowest BCUT2D eigenvalue weighted by molar-refractivity contribution is -0.130. The van der Waals surface area contributed by atoms with Gasteiger partial charge in [-0.05, 0) is 22.9 Å². The average Bonchev–Trinajstić information content (AvgIpc) is 3.52. The number of carbonyl (C=O) groups is 1. The molecular weight excluding hydrogens is 446 g/mol. The Balaban J connectivity index is 1.40. The van der Waals surface area contributed by atoms with Gasteiger partial charge < -0.3 is 14.5 Å². The Morgan fingerprint density at radius 1 is 1.09 bits per heavy atom. The lowest BCUT2D eigenvalue weighted by Crippen LogP contribution is -2.47. The van der Waals surface area contributed by atoms with Crippen LogP contribution in [0.2, 0.25) is 0 Å². The van der Waals surface area contributed by atoms with E-state index in [9.17, 15) is 4.79 Å². The lowest BCUT2D eigenvalue weighted by Gasteiger charge is -2.34. The summed E-state index contributed by atoms with van der Waals surface area (Å²) in [6, 6.07) is 6.55. The van der Waals surface area contributed by atoms with Gasteiger partial charge in [0.25, 0.3) is 0 Å². The second kappa shape index (κ2) is 9.09. The van der Waals surface area contributed by atoms with Gasteiger partial charge in [0, 0.05) is 63.9 Å². The lowest BCUT2D eigenvalue weighted by atomic mass is 10.0. The Labute approximate surface area is 203 Å². The maximum atomic E-state index is 11.7. The van der Waals surface area contributed by atoms with Gasteiger partial charge in [0.1, 0.15) is 0 Å². The molecule has 0 N–H and O–H groups in total. The molecule has 3 aliphatic rings. The van der Waals surface area contributed by atoms with Gasteiger partial charge in [-0.2, -0.15) is 0 Å². The third-order valence-corrected chi connectivity index (χ3v) is 8.08. The third-order valence-electron chi connectivity index (χ3n) is 7.06. The fourth-order valence-corrected chi connectivity index (χ4v) is 6.12. The zero-order valence-electron chi connectivity index (χ0n) is 19.5. The molecule has 2 saturated heterocycles. The van der Waals surface area contributed by atoms with Gasteiger partial charge in [-0.15, -0.1) is 11.3 Å². The summed E-state index contributed by atoms with van der Waals surface area (Å²) in [5.74, 6) is 0.962. The van der Waals surface area contributed by atoms with Crippen LogP contribution in [-0.2, 0) is 22.5 Å². The molecular formula is C26H29N5O2S. The van der Waals surface area contributed by atoms with Crippen molar-refractivity contribution in [3.63, 3.8) is 0 Å². The molecule has 0 radical (unpaired) electrons. The van der Waals surface area contributed by atoms with Gasteiger partial charge in [-0.1, -0.05) is 30.4 Å². The summed E-state index contributed by atoms with van der Waals surface area (Å²) >= 11 is 1.75. The van der Waals surface area contributed by atoms with Gasteiger partial charge in [0.2, 0.25) is 11.9 Å². The van der Waals surface area contributed by atoms with Crippen molar-refractivity contribution >= 4 is 39.5 Å². The van der Waals surface area contributed by atoms with Gasteiger partial charge in [0.05, 0.1) is 29.1 Å². The second-order valence-electron chi connectivity index (χ2n) is 9.18. The van der Waals surface area contributed by atoms with Gasteiger partial charge in [-0.3, -0.25) is 9.69 Å². The Bertz CT molecular complexity index is 1260. The van der Waals surface area contributed by atoms with Crippen LogP contribution in [0.1, 0.15) is 23.6 Å². The van der Waals surface area contributed by atoms with Crippen LogP contribution in [-0.4, -0.2) is 78.2 Å². The molecule has 2 fully saturated rings. The highest BCUT2D eigenvalue weighted by atomic mass is 32.1. The summed E-state index contributed by atoms with van der Waals surface area (Å²) < 4.78 is 6.74. The van der Waals surface area contributed by atoms with E-state index in [4.69, 9.17) is 14.7 Å². The highest BCUT2D eigenvalue weighted by Crippen LogP contribution is 2.39. The maximum Gasteiger partial charge on any atom is 0.226 e. The summed E-state index contributed by atoms with van der Waals surface area (Å²) in [7, 11) is 0. The summed E-state index contributed by atoms with van der Waals surface area (Å²) in [6.45, 7) is 8.89. The van der Waals surface area contributed by atoms with Crippen molar-refractivity contribution in [2.45, 2.75) is 19.9 Å². The quantitative estimate of drug-likeness (QED) is 0.576. The van der Waals surface area contributed by atoms with Crippen LogP contribution in [0.5, 0.6) is 0 Å². The van der Waals surface area contributed by atoms with E-state index in [1.807, 2.05) is 4.90 Å². The molecule has 8 heteroatoms. The van der Waals surface area contributed by atoms with Gasteiger partial charge in [0.15, 0.2) is 0 Å². The molecule has 2 aliphatic heterocycles. The number of benzene rings is 1. The largest absolute Gasteiger partial charge is 0.378 e. The van der Waals surface area contributed by atoms with Crippen LogP contribution in [0, 0.1) is 0 Å². The molecule has 6 rings (SSSR count). The van der Waals surface area contributed by atoms with Crippen LogP contribution >= 0.6 is 11.3 Å². The molecule has 1 aliphatic carbocycles. The van der Waals surface area contributed by atoms with Gasteiger partial charge in [-0.25, -0.2) is 9.97 Å². The van der Waals surface area contributed by atoms with E-state index in [-0.39, 0.29) is 5.91 Å². The van der Waals surface area contributed by atoms with Crippen LogP contribution in [0.15, 0.2) is 29.7 Å². The number of allylic oxidation sites excluding steroid dienone is 1. The number of piperazine rings is 1. The summed E-state index contributed by atoms with van der Waals surface area (Å²) in [5, 5.41) is 2.25. The Hall–Kier alpha value is -2.81. The minimum Gasteiger partial charge on any atom is -0.378 e. The molecule has 0 spiro atoms. The first kappa shape index (κ1) is 21.7. The van der Waals surface area contributed by atoms with Crippen LogP contribution in [0.3, 0.4) is 0 Å². The fourth-order valence-electron chi connectivity index (χ4n) is 5.11. The molecule has 2 aromatic heterocycles. The molecule has 0 saturated carbocycles. The van der Waals surface area contributed by atoms with Gasteiger partial charge >= 0.3 is 0 Å². The van der Waals surface area contributed by atoms with Crippen molar-refractivity contribution in [1.82, 2.24) is 19.8 Å². The van der Waals surface area contributed by atoms with E-state index in [1.54, 1.807) is 18.3 Å². The number of hydrogen-bond donors (Lipinski definition) is 0. The van der Waals surface area contributed by atoms with E-state index < -0.39 is 0 Å². The van der Waals surface area contributed by atoms with Crippen molar-refractivity contribution in [2.24, 2.45) is 0 Å². The van der Waals surface area contributed by atoms with Crippen LogP contribution in [0.4, 0.5) is 5.95 Å². The smallest absolute Gasteiger partial charge is 0.226 e. The molecule has 1 aromatic carbocycles. The molecule has 0 atom stereocenters. The van der Waals surface area contributed by atoms with E-state index in [2.05, 4.69) is 45.5 Å². The minimum absolute atomic E-state index is 0.164. The van der Waals surface area contributed by atoms with E-state index >= 15 is 0 Å². The SMILES string of the molecule is CC(=O)N1CCN(Cc2csc3c(-c4cccc5c4C=CC5)nc(N4CCOCC4)nc23)CC1. The molecule has 0 bridgehead atoms. The third kappa shape index (κ3) is 4.00. The summed E-state index contributed by atoms with van der Waals surface area (Å²) in [5.41, 5.74) is 7.18. The normalized spacial score (nSPS) is 18.6. The number of aromatic nitrogens is 2. The number of morpholine rings is 1. The first-order valence-electron chi connectivity index (χ1n) is 12.0. The first-order chi connectivity index (χ1) is 16.7. The van der Waals surface area contributed by atoms with E-state index in [0.717, 1.165) is 74.1 Å². The number of carbonyl (C=O) groups excluding carboxylic acids is 1. The monoisotopic (exact) mass is 475 g/mol. The molecule has 176 valence electrons. The number of ether oxygens (including phenoxy) is 1. The molecule has 7 nitrogen and oxygen atoms in total. The highest BCUT2D eigenvalue weighted by molar-refractivity contribution is 7.17. The number of fused-ring (bicyclic) bond motifs is 2. The summed E-state index contributed by atoms with van der Waals surface area (Å²) in [4.78, 5) is 28.6. The van der Waals surface area contributed by atoms with Crippen molar-refractivity contribution in [3.05, 3.63) is 46.3 Å². The Morgan fingerprint density at radius 2 is 1.91 bits per heavy atom. The number of anilines is 1. The van der Waals surface area contributed by atoms with Crippen molar-refractivity contribution < 1.29 is 9.53 Å². The number of rotatable bonds is 4. The van der Waals surface area contributed by atoms with Crippen molar-refractivity contribution in [1.29, 1.82) is 0 Å². The zero-order chi connectivity index (χ0) is 23.1. The number of thiophene rings is 1. The van der Waals surface area contributed by atoms with Crippen LogP contribution in [0.25, 0.3) is 27.6 Å². The average molecular weight is 476 g/mol. The number of hydrogen-bond acceptors (Lipinski definition) is 7. The molecule has 0 unspecified atom stereocenters. The zero-order valence-corrected chi connectivity index (χ0v) is 20.3. The molecule has 3 aromatic rings. The fraction of sp³-hybridized carbons (Fsp3) is 0.423. The molecule has 34 heavy (non-hydrogen) atoms. The second-order valence-corrected chi connectivity index (χ2v) is 10.1. The highest BCUT2D eigenvalue weighted by Gasteiger charge is 2.24. The maximum absolute atomic E-state index is 11.7. The predicted octanol–water partition coefficient (Wildman–Crippen LogP) is 3.43. The van der Waals surface area contributed by atoms with E-state index in [1.165, 1.54) is 22.3 Å². The Morgan fingerprint density at radius 3 is 2.71 bits per heavy atom. The topological polar surface area (TPSA) is 61.8 Å². The van der Waals surface area contributed by atoms with Crippen molar-refractivity contribution in [3.8, 4) is 11.3 Å². The van der Waals surface area contributed by atoms with E-state index in [0.29, 0.717) is 13.2 Å². The first-order valence-corrected chi connectivity index (χ1v) is 12.9. The van der Waals surface area contributed by atoms with Crippen LogP contribution < -0.4 is 4.90 Å². The Kier molecular flexibility index (Phi) is 5.80. The van der Waals surface area contributed by atoms with Crippen molar-refractivity contribution in [2.75, 3.05) is 57.4 Å². The summed E-state index contributed by atoms with van der Waals surface area (Å²) in [6.07, 6.45) is 5.45. The predicted molar refractivity (Wildman–Crippen MR) is 136 cm³/mol. The minimum atomic E-state index is 0.164. The number of nitrogens with zero attached hydrogens (tertiary/aromatic N) is 5.